The van der Waals surface area contributed by atoms with Crippen LogP contribution in [0.2, 0.25) is 0 Å². The van der Waals surface area contributed by atoms with Crippen LogP contribution in [-0.2, 0) is 16.0 Å². The minimum atomic E-state index is 0.213. The largest absolute Gasteiger partial charge is 0.382 e. The van der Waals surface area contributed by atoms with Gasteiger partial charge in [-0.2, -0.15) is 0 Å². The summed E-state index contributed by atoms with van der Waals surface area (Å²) in [6, 6.07) is 16.6. The fourth-order valence-corrected chi connectivity index (χ4v) is 4.34. The molecule has 2 aromatic carbocycles. The summed E-state index contributed by atoms with van der Waals surface area (Å²) >= 11 is 0. The number of piperidine rings is 1. The van der Waals surface area contributed by atoms with E-state index in [1.807, 2.05) is 40.1 Å². The summed E-state index contributed by atoms with van der Waals surface area (Å²) in [7, 11) is 0. The van der Waals surface area contributed by atoms with Crippen molar-refractivity contribution in [1.82, 2.24) is 4.90 Å². The lowest BCUT2D eigenvalue weighted by Crippen LogP contribution is -2.43. The highest BCUT2D eigenvalue weighted by Gasteiger charge is 2.24. The number of likely N-dealkylation sites (tertiary alicyclic amines) is 1. The maximum atomic E-state index is 12.5. The van der Waals surface area contributed by atoms with Crippen LogP contribution in [0.5, 0.6) is 0 Å². The van der Waals surface area contributed by atoms with Crippen LogP contribution in [0.4, 0.5) is 11.4 Å². The van der Waals surface area contributed by atoms with E-state index in [1.165, 1.54) is 0 Å². The van der Waals surface area contributed by atoms with Gasteiger partial charge >= 0.3 is 0 Å². The van der Waals surface area contributed by atoms with E-state index in [-0.39, 0.29) is 11.8 Å². The van der Waals surface area contributed by atoms with Crippen molar-refractivity contribution in [2.75, 3.05) is 29.9 Å². The topological polar surface area (TPSA) is 52.7 Å². The van der Waals surface area contributed by atoms with Gasteiger partial charge in [-0.15, -0.1) is 0 Å². The molecule has 2 aliphatic heterocycles. The Morgan fingerprint density at radius 3 is 2.48 bits per heavy atom. The van der Waals surface area contributed by atoms with Crippen LogP contribution in [0.25, 0.3) is 0 Å². The molecule has 0 unspecified atom stereocenters. The molecule has 0 aromatic heterocycles. The van der Waals surface area contributed by atoms with Crippen LogP contribution < -0.4 is 10.2 Å². The number of rotatable bonds is 5. The van der Waals surface area contributed by atoms with Gasteiger partial charge in [0, 0.05) is 43.5 Å². The third-order valence-corrected chi connectivity index (χ3v) is 5.98. The molecule has 0 atom stereocenters. The van der Waals surface area contributed by atoms with Crippen molar-refractivity contribution in [3.8, 4) is 0 Å². The zero-order chi connectivity index (χ0) is 20.2. The second-order valence-electron chi connectivity index (χ2n) is 8.11. The first-order valence-electron chi connectivity index (χ1n) is 10.6. The SMILES string of the molecule is Cc1cc(NC2CCN(C(=O)Cc3ccccc3)CC2)ccc1N1CCCC1=O. The van der Waals surface area contributed by atoms with Crippen LogP contribution in [0, 0.1) is 6.92 Å². The highest BCUT2D eigenvalue weighted by atomic mass is 16.2. The Morgan fingerprint density at radius 1 is 1.07 bits per heavy atom. The van der Waals surface area contributed by atoms with Gasteiger partial charge in [0.05, 0.1) is 6.42 Å². The molecule has 5 nitrogen and oxygen atoms in total. The lowest BCUT2D eigenvalue weighted by molar-refractivity contribution is -0.131. The molecule has 2 aliphatic rings. The summed E-state index contributed by atoms with van der Waals surface area (Å²) in [5.41, 5.74) is 4.32. The molecule has 5 heteroatoms. The van der Waals surface area contributed by atoms with Crippen LogP contribution in [-0.4, -0.2) is 42.4 Å². The number of hydrogen-bond acceptors (Lipinski definition) is 3. The van der Waals surface area contributed by atoms with E-state index in [2.05, 4.69) is 30.4 Å². The summed E-state index contributed by atoms with van der Waals surface area (Å²) in [5.74, 6) is 0.437. The first-order valence-corrected chi connectivity index (χ1v) is 10.6. The minimum absolute atomic E-state index is 0.213. The zero-order valence-electron chi connectivity index (χ0n) is 17.1. The second kappa shape index (κ2) is 8.68. The number of hydrogen-bond donors (Lipinski definition) is 1. The van der Waals surface area contributed by atoms with Gasteiger partial charge in [-0.3, -0.25) is 9.59 Å². The zero-order valence-corrected chi connectivity index (χ0v) is 17.1. The van der Waals surface area contributed by atoms with E-state index in [4.69, 9.17) is 0 Å². The van der Waals surface area contributed by atoms with Crippen molar-refractivity contribution < 1.29 is 9.59 Å². The summed E-state index contributed by atoms with van der Waals surface area (Å²) < 4.78 is 0. The monoisotopic (exact) mass is 391 g/mol. The Bertz CT molecular complexity index is 873. The molecular formula is C24H29N3O2. The van der Waals surface area contributed by atoms with Crippen LogP contribution >= 0.6 is 0 Å². The molecule has 152 valence electrons. The quantitative estimate of drug-likeness (QED) is 0.844. The summed E-state index contributed by atoms with van der Waals surface area (Å²) in [6.07, 6.45) is 3.98. The molecule has 4 rings (SSSR count). The smallest absolute Gasteiger partial charge is 0.227 e. The Hall–Kier alpha value is -2.82. The maximum absolute atomic E-state index is 12.5. The van der Waals surface area contributed by atoms with Crippen LogP contribution in [0.15, 0.2) is 48.5 Å². The van der Waals surface area contributed by atoms with Gasteiger partial charge in [0.2, 0.25) is 11.8 Å². The molecule has 2 amide bonds. The Kier molecular flexibility index (Phi) is 5.84. The van der Waals surface area contributed by atoms with Gasteiger partial charge in [-0.05, 0) is 55.5 Å². The first kappa shape index (κ1) is 19.5. The molecule has 0 spiro atoms. The van der Waals surface area contributed by atoms with Gasteiger partial charge in [0.15, 0.2) is 0 Å². The van der Waals surface area contributed by atoms with Gasteiger partial charge in [-0.25, -0.2) is 0 Å². The number of anilines is 2. The molecule has 29 heavy (non-hydrogen) atoms. The predicted octanol–water partition coefficient (Wildman–Crippen LogP) is 3.77. The third-order valence-electron chi connectivity index (χ3n) is 5.98. The van der Waals surface area contributed by atoms with Crippen LogP contribution in [0.1, 0.15) is 36.8 Å². The van der Waals surface area contributed by atoms with Gasteiger partial charge in [0.1, 0.15) is 0 Å². The second-order valence-corrected chi connectivity index (χ2v) is 8.11. The van der Waals surface area contributed by atoms with E-state index >= 15 is 0 Å². The predicted molar refractivity (Wildman–Crippen MR) is 116 cm³/mol. The van der Waals surface area contributed by atoms with E-state index in [9.17, 15) is 9.59 Å². The van der Waals surface area contributed by atoms with Gasteiger partial charge in [0.25, 0.3) is 0 Å². The standard InChI is InChI=1S/C24H29N3O2/c1-18-16-21(9-10-22(18)27-13-5-8-23(27)28)25-20-11-14-26(15-12-20)24(29)17-19-6-3-2-4-7-19/h2-4,6-7,9-10,16,20,25H,5,8,11-15,17H2,1H3. The Labute approximate surface area is 172 Å². The van der Waals surface area contributed by atoms with Crippen molar-refractivity contribution in [2.45, 2.75) is 45.1 Å². The van der Waals surface area contributed by atoms with Crippen molar-refractivity contribution in [3.05, 3.63) is 59.7 Å². The van der Waals surface area contributed by atoms with Crippen molar-refractivity contribution in [3.63, 3.8) is 0 Å². The molecule has 0 bridgehead atoms. The third kappa shape index (κ3) is 4.61. The Balaban J connectivity index is 1.30. The number of aryl methyl sites for hydroxylation is 1. The van der Waals surface area contributed by atoms with Crippen molar-refractivity contribution in [2.24, 2.45) is 0 Å². The van der Waals surface area contributed by atoms with Crippen LogP contribution in [0.3, 0.4) is 0 Å². The highest BCUT2D eigenvalue weighted by Crippen LogP contribution is 2.28. The van der Waals surface area contributed by atoms with E-state index in [0.717, 1.165) is 61.4 Å². The minimum Gasteiger partial charge on any atom is -0.382 e. The van der Waals surface area contributed by atoms with Crippen molar-refractivity contribution in [1.29, 1.82) is 0 Å². The summed E-state index contributed by atoms with van der Waals surface area (Å²) in [4.78, 5) is 28.4. The number of amides is 2. The lowest BCUT2D eigenvalue weighted by atomic mass is 10.0. The summed E-state index contributed by atoms with van der Waals surface area (Å²) in [6.45, 7) is 4.48. The van der Waals surface area contributed by atoms with Gasteiger partial charge in [-0.1, -0.05) is 30.3 Å². The van der Waals surface area contributed by atoms with Crippen molar-refractivity contribution >= 4 is 23.2 Å². The number of benzene rings is 2. The lowest BCUT2D eigenvalue weighted by Gasteiger charge is -2.33. The number of carbonyl (C=O) groups excluding carboxylic acids is 2. The van der Waals surface area contributed by atoms with Gasteiger partial charge < -0.3 is 15.1 Å². The average molecular weight is 392 g/mol. The Morgan fingerprint density at radius 2 is 1.83 bits per heavy atom. The fourth-order valence-electron chi connectivity index (χ4n) is 4.34. The summed E-state index contributed by atoms with van der Waals surface area (Å²) in [5, 5.41) is 3.62. The molecule has 2 aromatic rings. The fraction of sp³-hybridized carbons (Fsp3) is 0.417. The molecule has 2 heterocycles. The molecule has 0 saturated carbocycles. The highest BCUT2D eigenvalue weighted by molar-refractivity contribution is 5.96. The van der Waals surface area contributed by atoms with E-state index in [0.29, 0.717) is 18.9 Å². The average Bonchev–Trinajstić information content (AvgIpc) is 3.15. The normalized spacial score (nSPS) is 17.6. The molecule has 0 aliphatic carbocycles. The molecule has 0 radical (unpaired) electrons. The number of nitrogens with zero attached hydrogens (tertiary/aromatic N) is 2. The van der Waals surface area contributed by atoms with E-state index < -0.39 is 0 Å². The molecular weight excluding hydrogens is 362 g/mol. The molecule has 1 N–H and O–H groups in total. The first-order chi connectivity index (χ1) is 14.1. The molecule has 2 saturated heterocycles. The maximum Gasteiger partial charge on any atom is 0.227 e. The van der Waals surface area contributed by atoms with E-state index in [1.54, 1.807) is 0 Å². The number of carbonyl (C=O) groups is 2. The number of nitrogens with one attached hydrogen (secondary N) is 1. The molecule has 2 fully saturated rings.